The number of aromatic nitrogens is 1. The lowest BCUT2D eigenvalue weighted by Crippen LogP contribution is -1.90. The molecule has 1 aromatic heterocycles. The number of methoxy groups -OCH3 is 1. The van der Waals surface area contributed by atoms with Crippen molar-refractivity contribution in [2.45, 2.75) is 0 Å². The fraction of sp³-hybridized carbons (Fsp3) is 0.0909. The molecule has 0 aliphatic rings. The van der Waals surface area contributed by atoms with Crippen LogP contribution in [0.25, 0.3) is 11.1 Å². The summed E-state index contributed by atoms with van der Waals surface area (Å²) in [5.74, 6) is 1.49. The second-order valence-electron chi connectivity index (χ2n) is 3.01. The summed E-state index contributed by atoms with van der Waals surface area (Å²) in [6.45, 7) is 0. The maximum absolute atomic E-state index is 5.79. The van der Waals surface area contributed by atoms with Crippen molar-refractivity contribution in [2.24, 2.45) is 0 Å². The number of benzene rings is 1. The third-order valence-electron chi connectivity index (χ3n) is 2.18. The van der Waals surface area contributed by atoms with Crippen LogP contribution in [-0.2, 0) is 0 Å². The van der Waals surface area contributed by atoms with Gasteiger partial charge in [0.25, 0.3) is 0 Å². The Balaban J connectivity index is 2.56. The zero-order valence-corrected chi connectivity index (χ0v) is 7.95. The molecule has 2 aromatic rings. The molecule has 0 atom stereocenters. The third kappa shape index (κ3) is 1.33. The monoisotopic (exact) mass is 188 g/mol. The Bertz CT molecular complexity index is 434. The quantitative estimate of drug-likeness (QED) is 0.759. The Morgan fingerprint density at radius 3 is 2.57 bits per heavy atom. The van der Waals surface area contributed by atoms with Gasteiger partial charge in [0.1, 0.15) is 11.6 Å². The standard InChI is InChI=1S/C11H12N2O/c1-14-10-5-3-2-4-8(10)9-6-7-13-11(9)12/h2-7,13H,12H2,1H3. The number of hydrogen-bond donors (Lipinski definition) is 2. The van der Waals surface area contributed by atoms with Crippen molar-refractivity contribution in [3.05, 3.63) is 36.5 Å². The minimum atomic E-state index is 0.662. The van der Waals surface area contributed by atoms with Crippen LogP contribution in [0.5, 0.6) is 5.75 Å². The number of rotatable bonds is 2. The van der Waals surface area contributed by atoms with E-state index in [-0.39, 0.29) is 0 Å². The molecular weight excluding hydrogens is 176 g/mol. The van der Waals surface area contributed by atoms with Crippen LogP contribution < -0.4 is 10.5 Å². The van der Waals surface area contributed by atoms with Crippen LogP contribution >= 0.6 is 0 Å². The second kappa shape index (κ2) is 3.46. The van der Waals surface area contributed by atoms with E-state index in [4.69, 9.17) is 10.5 Å². The van der Waals surface area contributed by atoms with E-state index in [0.717, 1.165) is 16.9 Å². The van der Waals surface area contributed by atoms with E-state index in [0.29, 0.717) is 5.82 Å². The van der Waals surface area contributed by atoms with Gasteiger partial charge in [-0.25, -0.2) is 0 Å². The van der Waals surface area contributed by atoms with Gasteiger partial charge in [-0.05, 0) is 12.1 Å². The summed E-state index contributed by atoms with van der Waals surface area (Å²) < 4.78 is 5.25. The van der Waals surface area contributed by atoms with Crippen LogP contribution in [0.4, 0.5) is 5.82 Å². The van der Waals surface area contributed by atoms with Crippen LogP contribution in [0.15, 0.2) is 36.5 Å². The Morgan fingerprint density at radius 1 is 1.14 bits per heavy atom. The molecule has 14 heavy (non-hydrogen) atoms. The maximum atomic E-state index is 5.79. The van der Waals surface area contributed by atoms with E-state index in [1.807, 2.05) is 36.5 Å². The lowest BCUT2D eigenvalue weighted by molar-refractivity contribution is 0.416. The first-order valence-electron chi connectivity index (χ1n) is 4.39. The summed E-state index contributed by atoms with van der Waals surface area (Å²) in [5, 5.41) is 0. The normalized spacial score (nSPS) is 10.1. The number of aromatic amines is 1. The fourth-order valence-electron chi connectivity index (χ4n) is 1.48. The first-order chi connectivity index (χ1) is 6.83. The number of nitrogens with two attached hydrogens (primary N) is 1. The minimum Gasteiger partial charge on any atom is -0.496 e. The van der Waals surface area contributed by atoms with Crippen LogP contribution in [0.3, 0.4) is 0 Å². The molecule has 1 aromatic carbocycles. The molecule has 0 bridgehead atoms. The Labute approximate surface area is 82.5 Å². The fourth-order valence-corrected chi connectivity index (χ4v) is 1.48. The van der Waals surface area contributed by atoms with E-state index in [9.17, 15) is 0 Å². The van der Waals surface area contributed by atoms with Gasteiger partial charge in [0.15, 0.2) is 0 Å². The van der Waals surface area contributed by atoms with E-state index in [1.165, 1.54) is 0 Å². The molecule has 0 spiro atoms. The lowest BCUT2D eigenvalue weighted by atomic mass is 10.1. The molecule has 0 unspecified atom stereocenters. The molecule has 3 heteroatoms. The molecule has 0 saturated heterocycles. The molecule has 0 aliphatic carbocycles. The van der Waals surface area contributed by atoms with Crippen molar-refractivity contribution in [2.75, 3.05) is 12.8 Å². The number of H-pyrrole nitrogens is 1. The van der Waals surface area contributed by atoms with Crippen molar-refractivity contribution in [3.8, 4) is 16.9 Å². The van der Waals surface area contributed by atoms with Gasteiger partial charge in [-0.2, -0.15) is 0 Å². The van der Waals surface area contributed by atoms with Crippen molar-refractivity contribution >= 4 is 5.82 Å². The van der Waals surface area contributed by atoms with Gasteiger partial charge >= 0.3 is 0 Å². The number of anilines is 1. The average molecular weight is 188 g/mol. The van der Waals surface area contributed by atoms with Gasteiger partial charge < -0.3 is 15.5 Å². The molecule has 3 N–H and O–H groups in total. The van der Waals surface area contributed by atoms with Crippen LogP contribution in [0, 0.1) is 0 Å². The number of nitrogens with one attached hydrogen (secondary N) is 1. The van der Waals surface area contributed by atoms with E-state index in [1.54, 1.807) is 7.11 Å². The SMILES string of the molecule is COc1ccccc1-c1cc[nH]c1N. The highest BCUT2D eigenvalue weighted by Gasteiger charge is 2.07. The molecule has 1 heterocycles. The Morgan fingerprint density at radius 2 is 1.93 bits per heavy atom. The third-order valence-corrected chi connectivity index (χ3v) is 2.18. The van der Waals surface area contributed by atoms with E-state index >= 15 is 0 Å². The molecule has 0 amide bonds. The van der Waals surface area contributed by atoms with Gasteiger partial charge in [-0.1, -0.05) is 18.2 Å². The van der Waals surface area contributed by atoms with Crippen LogP contribution in [0.2, 0.25) is 0 Å². The largest absolute Gasteiger partial charge is 0.496 e. The molecule has 0 fully saturated rings. The van der Waals surface area contributed by atoms with Gasteiger partial charge in [0.2, 0.25) is 0 Å². The first-order valence-corrected chi connectivity index (χ1v) is 4.39. The maximum Gasteiger partial charge on any atom is 0.126 e. The lowest BCUT2D eigenvalue weighted by Gasteiger charge is -2.06. The van der Waals surface area contributed by atoms with Gasteiger partial charge in [0.05, 0.1) is 7.11 Å². The Kier molecular flexibility index (Phi) is 2.14. The highest BCUT2D eigenvalue weighted by atomic mass is 16.5. The topological polar surface area (TPSA) is 51.0 Å². The summed E-state index contributed by atoms with van der Waals surface area (Å²) >= 11 is 0. The molecule has 0 radical (unpaired) electrons. The molecule has 0 aliphatic heterocycles. The number of ether oxygens (including phenoxy) is 1. The van der Waals surface area contributed by atoms with Gasteiger partial charge in [-0.3, -0.25) is 0 Å². The van der Waals surface area contributed by atoms with Crippen LogP contribution in [0.1, 0.15) is 0 Å². The number of hydrogen-bond acceptors (Lipinski definition) is 2. The zero-order chi connectivity index (χ0) is 9.97. The van der Waals surface area contributed by atoms with Gasteiger partial charge in [0, 0.05) is 17.3 Å². The second-order valence-corrected chi connectivity index (χ2v) is 3.01. The van der Waals surface area contributed by atoms with E-state index < -0.39 is 0 Å². The molecule has 2 rings (SSSR count). The zero-order valence-electron chi connectivity index (χ0n) is 7.95. The van der Waals surface area contributed by atoms with E-state index in [2.05, 4.69) is 4.98 Å². The molecule has 3 nitrogen and oxygen atoms in total. The molecular formula is C11H12N2O. The predicted molar refractivity (Wildman–Crippen MR) is 57.2 cm³/mol. The minimum absolute atomic E-state index is 0.662. The van der Waals surface area contributed by atoms with Gasteiger partial charge in [-0.15, -0.1) is 0 Å². The van der Waals surface area contributed by atoms with Crippen molar-refractivity contribution in [1.29, 1.82) is 0 Å². The summed E-state index contributed by atoms with van der Waals surface area (Å²) in [6, 6.07) is 9.74. The summed E-state index contributed by atoms with van der Waals surface area (Å²) in [6.07, 6.45) is 1.82. The molecule has 0 saturated carbocycles. The van der Waals surface area contributed by atoms with Crippen molar-refractivity contribution < 1.29 is 4.74 Å². The predicted octanol–water partition coefficient (Wildman–Crippen LogP) is 2.27. The highest BCUT2D eigenvalue weighted by molar-refractivity contribution is 5.78. The smallest absolute Gasteiger partial charge is 0.126 e. The first kappa shape index (κ1) is 8.69. The molecule has 72 valence electrons. The highest BCUT2D eigenvalue weighted by Crippen LogP contribution is 2.32. The Hall–Kier alpha value is -1.90. The average Bonchev–Trinajstić information content (AvgIpc) is 2.64. The van der Waals surface area contributed by atoms with Crippen molar-refractivity contribution in [3.63, 3.8) is 0 Å². The summed E-state index contributed by atoms with van der Waals surface area (Å²) in [7, 11) is 1.65. The van der Waals surface area contributed by atoms with Crippen molar-refractivity contribution in [1.82, 2.24) is 4.98 Å². The number of para-hydroxylation sites is 1. The summed E-state index contributed by atoms with van der Waals surface area (Å²) in [5.41, 5.74) is 7.77. The summed E-state index contributed by atoms with van der Waals surface area (Å²) in [4.78, 5) is 2.94. The van der Waals surface area contributed by atoms with Crippen LogP contribution in [-0.4, -0.2) is 12.1 Å². The number of nitrogen functional groups attached to an aromatic ring is 1.